The van der Waals surface area contributed by atoms with Crippen LogP contribution in [0.1, 0.15) is 25.0 Å². The number of aryl methyl sites for hydroxylation is 1. The van der Waals surface area contributed by atoms with Gasteiger partial charge in [-0.15, -0.1) is 0 Å². The molecule has 1 amide bonds. The van der Waals surface area contributed by atoms with Crippen LogP contribution >= 0.6 is 0 Å². The summed E-state index contributed by atoms with van der Waals surface area (Å²) in [6.45, 7) is 7.85. The second-order valence-electron chi connectivity index (χ2n) is 4.69. The monoisotopic (exact) mass is 264 g/mol. The number of carbonyl (C=O) groups is 1. The number of carbonyl (C=O) groups excluding carboxylic acids is 1. The van der Waals surface area contributed by atoms with Crippen LogP contribution in [0, 0.1) is 6.92 Å². The van der Waals surface area contributed by atoms with Crippen molar-refractivity contribution in [2.45, 2.75) is 27.4 Å². The summed E-state index contributed by atoms with van der Waals surface area (Å²) < 4.78 is 0. The first-order valence-electron chi connectivity index (χ1n) is 6.72. The molecule has 0 saturated heterocycles. The maximum Gasteiger partial charge on any atom is 0.242 e. The lowest BCUT2D eigenvalue weighted by molar-refractivity contribution is -0.129. The van der Waals surface area contributed by atoms with E-state index in [2.05, 4.69) is 0 Å². The SMILES string of the molecule is CCN(CC)C(=O)CN(C)c1ccc(CO)c(C)c1. The van der Waals surface area contributed by atoms with Crippen LogP contribution in [0.3, 0.4) is 0 Å². The largest absolute Gasteiger partial charge is 0.392 e. The van der Waals surface area contributed by atoms with Crippen molar-refractivity contribution in [3.63, 3.8) is 0 Å². The van der Waals surface area contributed by atoms with Crippen LogP contribution in [0.25, 0.3) is 0 Å². The molecular formula is C15H24N2O2. The fourth-order valence-electron chi connectivity index (χ4n) is 2.07. The summed E-state index contributed by atoms with van der Waals surface area (Å²) in [6, 6.07) is 5.85. The molecule has 1 aromatic carbocycles. The second-order valence-corrected chi connectivity index (χ2v) is 4.69. The van der Waals surface area contributed by atoms with Gasteiger partial charge in [-0.25, -0.2) is 0 Å². The highest BCUT2D eigenvalue weighted by Crippen LogP contribution is 2.18. The number of aliphatic hydroxyl groups is 1. The summed E-state index contributed by atoms with van der Waals surface area (Å²) in [5.41, 5.74) is 2.96. The van der Waals surface area contributed by atoms with Gasteiger partial charge in [-0.05, 0) is 44.0 Å². The molecule has 1 N–H and O–H groups in total. The number of hydrogen-bond donors (Lipinski definition) is 1. The lowest BCUT2D eigenvalue weighted by Crippen LogP contribution is -2.38. The van der Waals surface area contributed by atoms with Crippen LogP contribution in [-0.2, 0) is 11.4 Å². The normalized spacial score (nSPS) is 10.4. The van der Waals surface area contributed by atoms with Crippen molar-refractivity contribution in [3.8, 4) is 0 Å². The molecule has 106 valence electrons. The Bertz CT molecular complexity index is 428. The average molecular weight is 264 g/mol. The zero-order valence-electron chi connectivity index (χ0n) is 12.3. The molecule has 0 radical (unpaired) electrons. The van der Waals surface area contributed by atoms with E-state index >= 15 is 0 Å². The molecule has 1 aromatic rings. The van der Waals surface area contributed by atoms with E-state index in [1.54, 1.807) is 0 Å². The van der Waals surface area contributed by atoms with Crippen LogP contribution < -0.4 is 4.90 Å². The molecule has 0 aromatic heterocycles. The molecular weight excluding hydrogens is 240 g/mol. The average Bonchev–Trinajstić information content (AvgIpc) is 2.39. The van der Waals surface area contributed by atoms with Gasteiger partial charge in [-0.3, -0.25) is 4.79 Å². The number of likely N-dealkylation sites (N-methyl/N-ethyl adjacent to an activating group) is 2. The number of amides is 1. The van der Waals surface area contributed by atoms with Gasteiger partial charge >= 0.3 is 0 Å². The highest BCUT2D eigenvalue weighted by Gasteiger charge is 2.13. The van der Waals surface area contributed by atoms with Crippen molar-refractivity contribution in [2.75, 3.05) is 31.6 Å². The third kappa shape index (κ3) is 3.96. The lowest BCUT2D eigenvalue weighted by Gasteiger charge is -2.25. The van der Waals surface area contributed by atoms with Crippen LogP contribution in [0.4, 0.5) is 5.69 Å². The quantitative estimate of drug-likeness (QED) is 0.852. The van der Waals surface area contributed by atoms with Gasteiger partial charge in [-0.1, -0.05) is 6.07 Å². The van der Waals surface area contributed by atoms with Gasteiger partial charge in [0.15, 0.2) is 0 Å². The van der Waals surface area contributed by atoms with Gasteiger partial charge in [0.2, 0.25) is 5.91 Å². The highest BCUT2D eigenvalue weighted by atomic mass is 16.3. The molecule has 0 atom stereocenters. The van der Waals surface area contributed by atoms with Gasteiger partial charge < -0.3 is 14.9 Å². The van der Waals surface area contributed by atoms with Gasteiger partial charge in [0.1, 0.15) is 0 Å². The minimum absolute atomic E-state index is 0.0498. The molecule has 0 bridgehead atoms. The maximum absolute atomic E-state index is 12.0. The van der Waals surface area contributed by atoms with Crippen molar-refractivity contribution in [1.29, 1.82) is 0 Å². The number of nitrogens with zero attached hydrogens (tertiary/aromatic N) is 2. The van der Waals surface area contributed by atoms with E-state index in [0.29, 0.717) is 6.54 Å². The molecule has 4 heteroatoms. The van der Waals surface area contributed by atoms with Crippen molar-refractivity contribution in [2.24, 2.45) is 0 Å². The Morgan fingerprint density at radius 3 is 2.37 bits per heavy atom. The third-order valence-corrected chi connectivity index (χ3v) is 3.43. The molecule has 0 fully saturated rings. The predicted octanol–water partition coefficient (Wildman–Crippen LogP) is 1.79. The summed E-state index contributed by atoms with van der Waals surface area (Å²) >= 11 is 0. The van der Waals surface area contributed by atoms with Crippen molar-refractivity contribution in [1.82, 2.24) is 4.90 Å². The molecule has 0 saturated carbocycles. The van der Waals surface area contributed by atoms with E-state index < -0.39 is 0 Å². The van der Waals surface area contributed by atoms with Crippen molar-refractivity contribution in [3.05, 3.63) is 29.3 Å². The lowest BCUT2D eigenvalue weighted by atomic mass is 10.1. The highest BCUT2D eigenvalue weighted by molar-refractivity contribution is 5.81. The second kappa shape index (κ2) is 7.14. The zero-order chi connectivity index (χ0) is 14.4. The number of hydrogen-bond acceptors (Lipinski definition) is 3. The Labute approximate surface area is 115 Å². The van der Waals surface area contributed by atoms with E-state index in [1.165, 1.54) is 0 Å². The number of rotatable bonds is 6. The van der Waals surface area contributed by atoms with E-state index in [-0.39, 0.29) is 12.5 Å². The Balaban J connectivity index is 2.75. The smallest absolute Gasteiger partial charge is 0.242 e. The summed E-state index contributed by atoms with van der Waals surface area (Å²) in [5, 5.41) is 9.16. The fourth-order valence-corrected chi connectivity index (χ4v) is 2.07. The van der Waals surface area contributed by atoms with Crippen LogP contribution in [0.5, 0.6) is 0 Å². The number of anilines is 1. The first-order chi connectivity index (χ1) is 9.03. The molecule has 1 rings (SSSR count). The Morgan fingerprint density at radius 2 is 1.89 bits per heavy atom. The summed E-state index contributed by atoms with van der Waals surface area (Å²) in [4.78, 5) is 15.8. The molecule has 0 aliphatic carbocycles. The van der Waals surface area contributed by atoms with Gasteiger partial charge in [0, 0.05) is 25.8 Å². The van der Waals surface area contributed by atoms with Gasteiger partial charge in [0.25, 0.3) is 0 Å². The van der Waals surface area contributed by atoms with Crippen LogP contribution in [0.2, 0.25) is 0 Å². The minimum atomic E-state index is 0.0498. The topological polar surface area (TPSA) is 43.8 Å². The molecule has 4 nitrogen and oxygen atoms in total. The van der Waals surface area contributed by atoms with E-state index in [9.17, 15) is 4.79 Å². The first-order valence-corrected chi connectivity index (χ1v) is 6.72. The van der Waals surface area contributed by atoms with Crippen LogP contribution in [-0.4, -0.2) is 42.6 Å². The Morgan fingerprint density at radius 1 is 1.26 bits per heavy atom. The Kier molecular flexibility index (Phi) is 5.83. The zero-order valence-corrected chi connectivity index (χ0v) is 12.3. The van der Waals surface area contributed by atoms with Crippen molar-refractivity contribution < 1.29 is 9.90 Å². The molecule has 0 aliphatic rings. The standard InChI is InChI=1S/C15H24N2O2/c1-5-17(6-2)15(19)10-16(4)14-8-7-13(11-18)12(3)9-14/h7-9,18H,5-6,10-11H2,1-4H3. The van der Waals surface area contributed by atoms with E-state index in [1.807, 2.05) is 55.8 Å². The molecule has 19 heavy (non-hydrogen) atoms. The molecule has 0 aliphatic heterocycles. The molecule has 0 heterocycles. The summed E-state index contributed by atoms with van der Waals surface area (Å²) in [6.07, 6.45) is 0. The van der Waals surface area contributed by atoms with E-state index in [4.69, 9.17) is 5.11 Å². The third-order valence-electron chi connectivity index (χ3n) is 3.43. The van der Waals surface area contributed by atoms with Gasteiger partial charge in [0.05, 0.1) is 13.2 Å². The van der Waals surface area contributed by atoms with Gasteiger partial charge in [-0.2, -0.15) is 0 Å². The summed E-state index contributed by atoms with van der Waals surface area (Å²) in [5.74, 6) is 0.136. The maximum atomic E-state index is 12.0. The minimum Gasteiger partial charge on any atom is -0.392 e. The molecule has 0 spiro atoms. The van der Waals surface area contributed by atoms with E-state index in [0.717, 1.165) is 29.9 Å². The number of aliphatic hydroxyl groups excluding tert-OH is 1. The number of benzene rings is 1. The Hall–Kier alpha value is -1.55. The van der Waals surface area contributed by atoms with Crippen molar-refractivity contribution >= 4 is 11.6 Å². The summed E-state index contributed by atoms with van der Waals surface area (Å²) in [7, 11) is 1.91. The predicted molar refractivity (Wildman–Crippen MR) is 78.3 cm³/mol. The van der Waals surface area contributed by atoms with Crippen LogP contribution in [0.15, 0.2) is 18.2 Å². The first kappa shape index (κ1) is 15.5. The fraction of sp³-hybridized carbons (Fsp3) is 0.533. The molecule has 0 unspecified atom stereocenters.